The zero-order chi connectivity index (χ0) is 15.0. The highest BCUT2D eigenvalue weighted by atomic mass is 35.5. The third kappa shape index (κ3) is 2.65. The predicted octanol–water partition coefficient (Wildman–Crippen LogP) is 3.03. The van der Waals surface area contributed by atoms with Crippen LogP contribution >= 0.6 is 11.6 Å². The molecular formula is C14H18ClN5O. The first-order valence-electron chi connectivity index (χ1n) is 7.15. The fourth-order valence-electron chi connectivity index (χ4n) is 2.56. The van der Waals surface area contributed by atoms with Crippen molar-refractivity contribution in [1.29, 1.82) is 0 Å². The fourth-order valence-corrected chi connectivity index (χ4v) is 2.73. The topological polar surface area (TPSA) is 90.7 Å². The van der Waals surface area contributed by atoms with Crippen molar-refractivity contribution in [2.24, 2.45) is 5.73 Å². The maximum Gasteiger partial charge on any atom is 0.278 e. The number of hydrogen-bond acceptors (Lipinski definition) is 6. The molecule has 2 aromatic rings. The molecule has 0 spiro atoms. The van der Waals surface area contributed by atoms with Crippen LogP contribution in [0.5, 0.6) is 0 Å². The number of hydrogen-bond donors (Lipinski definition) is 1. The molecule has 0 unspecified atom stereocenters. The summed E-state index contributed by atoms with van der Waals surface area (Å²) in [6.07, 6.45) is 5.50. The molecule has 0 radical (unpaired) electrons. The Morgan fingerprint density at radius 2 is 2.00 bits per heavy atom. The molecule has 2 aromatic heterocycles. The largest absolute Gasteiger partial charge is 0.332 e. The lowest BCUT2D eigenvalue weighted by Crippen LogP contribution is -2.34. The van der Waals surface area contributed by atoms with E-state index < -0.39 is 5.54 Å². The van der Waals surface area contributed by atoms with Crippen molar-refractivity contribution in [2.45, 2.75) is 51.0 Å². The molecule has 21 heavy (non-hydrogen) atoms. The Morgan fingerprint density at radius 1 is 1.29 bits per heavy atom. The van der Waals surface area contributed by atoms with E-state index in [2.05, 4.69) is 20.1 Å². The number of aromatic nitrogens is 4. The molecular weight excluding hydrogens is 290 g/mol. The van der Waals surface area contributed by atoms with Crippen LogP contribution in [0.25, 0.3) is 11.6 Å². The molecule has 0 aromatic carbocycles. The Hall–Kier alpha value is -1.53. The minimum absolute atomic E-state index is 0.194. The lowest BCUT2D eigenvalue weighted by Gasteiger charge is -2.17. The maximum atomic E-state index is 6.34. The molecule has 0 bridgehead atoms. The second kappa shape index (κ2) is 5.35. The zero-order valence-corrected chi connectivity index (χ0v) is 12.9. The van der Waals surface area contributed by atoms with Crippen molar-refractivity contribution >= 4 is 11.6 Å². The Morgan fingerprint density at radius 3 is 2.67 bits per heavy atom. The van der Waals surface area contributed by atoms with Crippen LogP contribution < -0.4 is 5.73 Å². The standard InChI is InChI=1S/C14H18ClN5O/c1-8(2)11-17-7-9(15)10(18-11)12-19-13(20-21-12)14(16)5-3-4-6-14/h7-8H,3-6,16H2,1-2H3. The van der Waals surface area contributed by atoms with Crippen molar-refractivity contribution in [1.82, 2.24) is 20.1 Å². The molecule has 3 rings (SSSR count). The fraction of sp³-hybridized carbons (Fsp3) is 0.571. The van der Waals surface area contributed by atoms with E-state index in [0.29, 0.717) is 28.3 Å². The minimum Gasteiger partial charge on any atom is -0.332 e. The summed E-state index contributed by atoms with van der Waals surface area (Å²) in [5, 5.41) is 4.43. The van der Waals surface area contributed by atoms with Crippen LogP contribution in [-0.4, -0.2) is 20.1 Å². The van der Waals surface area contributed by atoms with E-state index in [0.717, 1.165) is 25.7 Å². The van der Waals surface area contributed by atoms with Crippen molar-refractivity contribution < 1.29 is 4.52 Å². The molecule has 0 atom stereocenters. The summed E-state index contributed by atoms with van der Waals surface area (Å²) in [6, 6.07) is 0. The highest BCUT2D eigenvalue weighted by molar-refractivity contribution is 6.32. The van der Waals surface area contributed by atoms with Gasteiger partial charge >= 0.3 is 0 Å². The van der Waals surface area contributed by atoms with Crippen molar-refractivity contribution in [3.63, 3.8) is 0 Å². The van der Waals surface area contributed by atoms with Gasteiger partial charge < -0.3 is 10.3 Å². The molecule has 0 saturated heterocycles. The van der Waals surface area contributed by atoms with Crippen LogP contribution in [0.15, 0.2) is 10.7 Å². The van der Waals surface area contributed by atoms with E-state index in [9.17, 15) is 0 Å². The third-order valence-corrected chi connectivity index (χ3v) is 4.13. The van der Waals surface area contributed by atoms with E-state index in [1.54, 1.807) is 6.20 Å². The van der Waals surface area contributed by atoms with Gasteiger partial charge in [0.15, 0.2) is 11.5 Å². The first-order valence-corrected chi connectivity index (χ1v) is 7.53. The Kier molecular flexibility index (Phi) is 3.67. The van der Waals surface area contributed by atoms with Crippen molar-refractivity contribution in [3.8, 4) is 11.6 Å². The molecule has 0 amide bonds. The Labute approximate surface area is 128 Å². The van der Waals surface area contributed by atoms with Gasteiger partial charge in [-0.05, 0) is 12.8 Å². The summed E-state index contributed by atoms with van der Waals surface area (Å²) >= 11 is 6.16. The highest BCUT2D eigenvalue weighted by Gasteiger charge is 2.36. The lowest BCUT2D eigenvalue weighted by atomic mass is 9.99. The lowest BCUT2D eigenvalue weighted by molar-refractivity contribution is 0.372. The van der Waals surface area contributed by atoms with Gasteiger partial charge in [-0.1, -0.05) is 43.4 Å². The Balaban J connectivity index is 1.98. The number of rotatable bonds is 3. The summed E-state index contributed by atoms with van der Waals surface area (Å²) in [5.74, 6) is 1.73. The molecule has 0 aliphatic heterocycles. The second-order valence-corrected chi connectivity index (χ2v) is 6.27. The average molecular weight is 308 g/mol. The van der Waals surface area contributed by atoms with Gasteiger partial charge in [-0.2, -0.15) is 4.98 Å². The minimum atomic E-state index is -0.484. The molecule has 1 aliphatic carbocycles. The van der Waals surface area contributed by atoms with Crippen LogP contribution in [0.1, 0.15) is 57.1 Å². The Bertz CT molecular complexity index is 649. The summed E-state index contributed by atoms with van der Waals surface area (Å²) in [7, 11) is 0. The van der Waals surface area contributed by atoms with E-state index in [-0.39, 0.29) is 5.92 Å². The molecule has 1 fully saturated rings. The smallest absolute Gasteiger partial charge is 0.278 e. The van der Waals surface area contributed by atoms with Gasteiger partial charge in [0.25, 0.3) is 5.89 Å². The van der Waals surface area contributed by atoms with Gasteiger partial charge in [0.1, 0.15) is 5.82 Å². The van der Waals surface area contributed by atoms with Gasteiger partial charge in [-0.15, -0.1) is 0 Å². The van der Waals surface area contributed by atoms with Crippen LogP contribution in [0.4, 0.5) is 0 Å². The number of nitrogens with two attached hydrogens (primary N) is 1. The van der Waals surface area contributed by atoms with Gasteiger partial charge in [0.2, 0.25) is 0 Å². The third-order valence-electron chi connectivity index (χ3n) is 3.85. The van der Waals surface area contributed by atoms with Gasteiger partial charge in [-0.25, -0.2) is 9.97 Å². The van der Waals surface area contributed by atoms with E-state index >= 15 is 0 Å². The monoisotopic (exact) mass is 307 g/mol. The summed E-state index contributed by atoms with van der Waals surface area (Å²) < 4.78 is 5.33. The van der Waals surface area contributed by atoms with Gasteiger partial charge in [0.05, 0.1) is 16.8 Å². The molecule has 2 N–H and O–H groups in total. The van der Waals surface area contributed by atoms with Crippen LogP contribution in [-0.2, 0) is 5.54 Å². The predicted molar refractivity (Wildman–Crippen MR) is 78.8 cm³/mol. The van der Waals surface area contributed by atoms with Gasteiger partial charge in [-0.3, -0.25) is 0 Å². The summed E-state index contributed by atoms with van der Waals surface area (Å²) in [4.78, 5) is 13.0. The summed E-state index contributed by atoms with van der Waals surface area (Å²) in [6.45, 7) is 4.03. The molecule has 2 heterocycles. The highest BCUT2D eigenvalue weighted by Crippen LogP contribution is 2.36. The quantitative estimate of drug-likeness (QED) is 0.937. The normalized spacial score (nSPS) is 17.6. The van der Waals surface area contributed by atoms with Crippen LogP contribution in [0.3, 0.4) is 0 Å². The van der Waals surface area contributed by atoms with Gasteiger partial charge in [0, 0.05) is 5.92 Å². The number of nitrogens with zero attached hydrogens (tertiary/aromatic N) is 4. The van der Waals surface area contributed by atoms with E-state index in [4.69, 9.17) is 21.9 Å². The molecule has 112 valence electrons. The first kappa shape index (κ1) is 14.4. The van der Waals surface area contributed by atoms with E-state index in [1.807, 2.05) is 13.8 Å². The number of halogens is 1. The first-order chi connectivity index (χ1) is 9.99. The maximum absolute atomic E-state index is 6.34. The SMILES string of the molecule is CC(C)c1ncc(Cl)c(-c2nc(C3(N)CCCC3)no2)n1. The van der Waals surface area contributed by atoms with E-state index in [1.165, 1.54) is 0 Å². The summed E-state index contributed by atoms with van der Waals surface area (Å²) in [5.41, 5.74) is 6.32. The second-order valence-electron chi connectivity index (χ2n) is 5.87. The molecule has 1 saturated carbocycles. The zero-order valence-electron chi connectivity index (χ0n) is 12.1. The average Bonchev–Trinajstić information content (AvgIpc) is 3.08. The molecule has 7 heteroatoms. The van der Waals surface area contributed by atoms with Crippen molar-refractivity contribution in [3.05, 3.63) is 22.9 Å². The van der Waals surface area contributed by atoms with Crippen LogP contribution in [0, 0.1) is 0 Å². The molecule has 1 aliphatic rings. The molecule has 6 nitrogen and oxygen atoms in total. The van der Waals surface area contributed by atoms with Crippen LogP contribution in [0.2, 0.25) is 5.02 Å². The van der Waals surface area contributed by atoms with Crippen molar-refractivity contribution in [2.75, 3.05) is 0 Å².